The second-order valence-electron chi connectivity index (χ2n) is 2.86. The van der Waals surface area contributed by atoms with Crippen LogP contribution in [0, 0.1) is 0 Å². The molecule has 0 aliphatic heterocycles. The quantitative estimate of drug-likeness (QED) is 0.731. The third-order valence-corrected chi connectivity index (χ3v) is 2.37. The molecule has 80 valence electrons. The molecule has 0 aromatic heterocycles. The summed E-state index contributed by atoms with van der Waals surface area (Å²) in [6.07, 6.45) is -2.63. The van der Waals surface area contributed by atoms with Crippen molar-refractivity contribution < 1.29 is 13.2 Å². The predicted molar refractivity (Wildman–Crippen MR) is 51.1 cm³/mol. The van der Waals surface area contributed by atoms with Crippen molar-refractivity contribution >= 4 is 11.8 Å². The largest absolute Gasteiger partial charge is 0.389 e. The van der Waals surface area contributed by atoms with E-state index in [4.69, 9.17) is 0 Å². The van der Waals surface area contributed by atoms with Crippen molar-refractivity contribution in [3.05, 3.63) is 0 Å². The van der Waals surface area contributed by atoms with E-state index in [1.807, 2.05) is 13.2 Å². The Bertz CT molecular complexity index is 121. The van der Waals surface area contributed by atoms with E-state index >= 15 is 0 Å². The van der Waals surface area contributed by atoms with Gasteiger partial charge in [-0.2, -0.15) is 24.9 Å². The van der Waals surface area contributed by atoms with Gasteiger partial charge in [0.05, 0.1) is 0 Å². The van der Waals surface area contributed by atoms with Crippen LogP contribution in [0.15, 0.2) is 0 Å². The topological polar surface area (TPSA) is 12.0 Å². The van der Waals surface area contributed by atoms with Gasteiger partial charge < -0.3 is 5.32 Å². The fourth-order valence-corrected chi connectivity index (χ4v) is 1.76. The lowest BCUT2D eigenvalue weighted by Gasteiger charge is -2.17. The maximum atomic E-state index is 11.9. The van der Waals surface area contributed by atoms with Gasteiger partial charge in [0.15, 0.2) is 0 Å². The maximum absolute atomic E-state index is 11.9. The number of hydrogen-bond donors (Lipinski definition) is 1. The highest BCUT2D eigenvalue weighted by Gasteiger charge is 2.27. The van der Waals surface area contributed by atoms with Gasteiger partial charge in [0.25, 0.3) is 0 Å². The summed E-state index contributed by atoms with van der Waals surface area (Å²) in [5.41, 5.74) is 0. The van der Waals surface area contributed by atoms with Crippen LogP contribution < -0.4 is 5.32 Å². The lowest BCUT2D eigenvalue weighted by molar-refractivity contribution is -0.136. The standard InChI is InChI=1S/C8H16F3NS/c1-3-12-7(6-13-2)4-5-8(9,10)11/h7,12H,3-6H2,1-2H3. The molecule has 0 saturated heterocycles. The zero-order valence-corrected chi connectivity index (χ0v) is 8.76. The van der Waals surface area contributed by atoms with E-state index in [1.54, 1.807) is 11.8 Å². The molecule has 0 rings (SSSR count). The molecule has 1 atom stereocenters. The highest BCUT2D eigenvalue weighted by molar-refractivity contribution is 7.98. The monoisotopic (exact) mass is 215 g/mol. The first-order valence-corrected chi connectivity index (χ1v) is 5.68. The zero-order valence-electron chi connectivity index (χ0n) is 7.95. The first kappa shape index (κ1) is 13.1. The Morgan fingerprint density at radius 3 is 2.38 bits per heavy atom. The minimum Gasteiger partial charge on any atom is -0.313 e. The van der Waals surface area contributed by atoms with E-state index in [9.17, 15) is 13.2 Å². The Morgan fingerprint density at radius 2 is 2.00 bits per heavy atom. The number of hydrogen-bond acceptors (Lipinski definition) is 2. The van der Waals surface area contributed by atoms with Gasteiger partial charge in [0, 0.05) is 18.2 Å². The van der Waals surface area contributed by atoms with Crippen LogP contribution in [0.5, 0.6) is 0 Å². The Balaban J connectivity index is 3.68. The average molecular weight is 215 g/mol. The van der Waals surface area contributed by atoms with E-state index in [-0.39, 0.29) is 12.5 Å². The molecule has 0 spiro atoms. The van der Waals surface area contributed by atoms with Crippen LogP contribution in [0.4, 0.5) is 13.2 Å². The molecule has 0 bridgehead atoms. The molecule has 0 aliphatic rings. The third kappa shape index (κ3) is 8.43. The van der Waals surface area contributed by atoms with Crippen LogP contribution in [-0.2, 0) is 0 Å². The third-order valence-electron chi connectivity index (χ3n) is 1.64. The molecule has 0 aromatic rings. The number of nitrogens with one attached hydrogen (secondary N) is 1. The molecule has 0 fully saturated rings. The zero-order chi connectivity index (χ0) is 10.3. The molecule has 0 saturated carbocycles. The van der Waals surface area contributed by atoms with Crippen molar-refractivity contribution in [1.29, 1.82) is 0 Å². The van der Waals surface area contributed by atoms with E-state index in [0.29, 0.717) is 0 Å². The van der Waals surface area contributed by atoms with Crippen molar-refractivity contribution in [3.63, 3.8) is 0 Å². The average Bonchev–Trinajstić information content (AvgIpc) is 2.00. The maximum Gasteiger partial charge on any atom is 0.389 e. The first-order chi connectivity index (χ1) is 5.99. The first-order valence-electron chi connectivity index (χ1n) is 4.28. The lowest BCUT2D eigenvalue weighted by atomic mass is 10.2. The van der Waals surface area contributed by atoms with Crippen LogP contribution in [0.25, 0.3) is 0 Å². The lowest BCUT2D eigenvalue weighted by Crippen LogP contribution is -2.32. The summed E-state index contributed by atoms with van der Waals surface area (Å²) >= 11 is 1.57. The number of alkyl halides is 3. The Hall–Kier alpha value is 0.100. The van der Waals surface area contributed by atoms with Crippen molar-refractivity contribution in [2.75, 3.05) is 18.6 Å². The molecular formula is C8H16F3NS. The predicted octanol–water partition coefficient (Wildman–Crippen LogP) is 2.67. The molecule has 0 heterocycles. The number of halogens is 3. The molecular weight excluding hydrogens is 199 g/mol. The van der Waals surface area contributed by atoms with Crippen LogP contribution in [0.2, 0.25) is 0 Å². The summed E-state index contributed by atoms with van der Waals surface area (Å²) in [6.45, 7) is 2.63. The van der Waals surface area contributed by atoms with Gasteiger partial charge in [-0.3, -0.25) is 0 Å². The van der Waals surface area contributed by atoms with Crippen LogP contribution in [0.3, 0.4) is 0 Å². The fraction of sp³-hybridized carbons (Fsp3) is 1.00. The van der Waals surface area contributed by atoms with Gasteiger partial charge in [-0.25, -0.2) is 0 Å². The van der Waals surface area contributed by atoms with E-state index in [0.717, 1.165) is 12.3 Å². The number of thioether (sulfide) groups is 1. The molecule has 1 nitrogen and oxygen atoms in total. The summed E-state index contributed by atoms with van der Waals surface area (Å²) in [5, 5.41) is 3.04. The van der Waals surface area contributed by atoms with Crippen LogP contribution in [-0.4, -0.2) is 30.8 Å². The van der Waals surface area contributed by atoms with Crippen LogP contribution in [0.1, 0.15) is 19.8 Å². The molecule has 0 amide bonds. The summed E-state index contributed by atoms with van der Waals surface area (Å²) < 4.78 is 35.6. The molecule has 5 heteroatoms. The molecule has 0 aliphatic carbocycles. The highest BCUT2D eigenvalue weighted by atomic mass is 32.2. The van der Waals surface area contributed by atoms with E-state index < -0.39 is 12.6 Å². The van der Waals surface area contributed by atoms with Gasteiger partial charge in [-0.1, -0.05) is 6.92 Å². The normalized spacial score (nSPS) is 14.5. The fourth-order valence-electron chi connectivity index (χ4n) is 1.07. The summed E-state index contributed by atoms with van der Waals surface area (Å²) in [6, 6.07) is -0.0124. The SMILES string of the molecule is CCNC(CCC(F)(F)F)CSC. The van der Waals surface area contributed by atoms with Gasteiger partial charge in [0.2, 0.25) is 0 Å². The van der Waals surface area contributed by atoms with Gasteiger partial charge in [0.1, 0.15) is 0 Å². The van der Waals surface area contributed by atoms with Crippen molar-refractivity contribution in [3.8, 4) is 0 Å². The van der Waals surface area contributed by atoms with Crippen molar-refractivity contribution in [2.24, 2.45) is 0 Å². The Labute approximate surface area is 81.5 Å². The summed E-state index contributed by atoms with van der Waals surface area (Å²) in [4.78, 5) is 0. The van der Waals surface area contributed by atoms with Gasteiger partial charge >= 0.3 is 6.18 Å². The molecule has 13 heavy (non-hydrogen) atoms. The minimum absolute atomic E-state index is 0.0124. The minimum atomic E-state index is -4.02. The van der Waals surface area contributed by atoms with Gasteiger partial charge in [-0.15, -0.1) is 0 Å². The van der Waals surface area contributed by atoms with Gasteiger partial charge in [-0.05, 0) is 19.2 Å². The van der Waals surface area contributed by atoms with Crippen LogP contribution >= 0.6 is 11.8 Å². The molecule has 1 N–H and O–H groups in total. The second kappa shape index (κ2) is 6.54. The molecule has 1 unspecified atom stereocenters. The Kier molecular flexibility index (Phi) is 6.59. The highest BCUT2D eigenvalue weighted by Crippen LogP contribution is 2.22. The summed E-state index contributed by atoms with van der Waals surface area (Å²) in [7, 11) is 0. The van der Waals surface area contributed by atoms with Crippen molar-refractivity contribution in [2.45, 2.75) is 32.0 Å². The van der Waals surface area contributed by atoms with E-state index in [1.165, 1.54) is 0 Å². The Morgan fingerprint density at radius 1 is 1.38 bits per heavy atom. The smallest absolute Gasteiger partial charge is 0.313 e. The molecule has 0 aromatic carbocycles. The molecule has 0 radical (unpaired) electrons. The van der Waals surface area contributed by atoms with Crippen molar-refractivity contribution in [1.82, 2.24) is 5.32 Å². The second-order valence-corrected chi connectivity index (χ2v) is 3.77. The van der Waals surface area contributed by atoms with E-state index in [2.05, 4.69) is 5.32 Å². The number of rotatable bonds is 6. The summed E-state index contributed by atoms with van der Waals surface area (Å²) in [5.74, 6) is 0.740.